The van der Waals surface area contributed by atoms with Crippen molar-refractivity contribution in [1.29, 1.82) is 0 Å². The quantitative estimate of drug-likeness (QED) is 0.508. The van der Waals surface area contributed by atoms with Gasteiger partial charge >= 0.3 is 0 Å². The molecule has 0 amide bonds. The molecule has 0 aliphatic rings. The molecule has 4 nitrogen and oxygen atoms in total. The first-order chi connectivity index (χ1) is 7.35. The smallest absolute Gasteiger partial charge is 0.0108 e. The Balaban J connectivity index is 0. The molecule has 0 spiro atoms. The molecule has 0 aromatic rings. The first kappa shape index (κ1) is 17.2. The van der Waals surface area contributed by atoms with Crippen LogP contribution in [0.25, 0.3) is 0 Å². The van der Waals surface area contributed by atoms with Gasteiger partial charge in [0.15, 0.2) is 0 Å². The van der Waals surface area contributed by atoms with Gasteiger partial charge < -0.3 is 16.0 Å². The monoisotopic (exact) mass is 218 g/mol. The molecule has 0 atom stereocenters. The average molecular weight is 218 g/mol. The van der Waals surface area contributed by atoms with Crippen LogP contribution < -0.4 is 16.0 Å². The van der Waals surface area contributed by atoms with E-state index < -0.39 is 0 Å². The molecule has 0 unspecified atom stereocenters. The number of rotatable bonds is 9. The van der Waals surface area contributed by atoms with Gasteiger partial charge in [0.05, 0.1) is 0 Å². The summed E-state index contributed by atoms with van der Waals surface area (Å²) in [5.74, 6) is 0. The Morgan fingerprint density at radius 1 is 0.667 bits per heavy atom. The molecule has 15 heavy (non-hydrogen) atoms. The maximum atomic E-state index is 3.17. The third-order valence-corrected chi connectivity index (χ3v) is 2.03. The van der Waals surface area contributed by atoms with E-state index in [4.69, 9.17) is 0 Å². The van der Waals surface area contributed by atoms with Gasteiger partial charge in [-0.1, -0.05) is 13.8 Å². The van der Waals surface area contributed by atoms with Gasteiger partial charge in [-0.05, 0) is 21.1 Å². The molecular weight excluding hydrogens is 188 g/mol. The normalized spacial score (nSPS) is 10.0. The molecule has 4 heteroatoms. The highest BCUT2D eigenvalue weighted by molar-refractivity contribution is 4.61. The highest BCUT2D eigenvalue weighted by Gasteiger charge is 2.01. The van der Waals surface area contributed by atoms with E-state index >= 15 is 0 Å². The summed E-state index contributed by atoms with van der Waals surface area (Å²) in [6.07, 6.45) is 0. The summed E-state index contributed by atoms with van der Waals surface area (Å²) in [7, 11) is 5.98. The maximum absolute atomic E-state index is 3.17. The second-order valence-electron chi connectivity index (χ2n) is 3.15. The van der Waals surface area contributed by atoms with E-state index in [1.165, 1.54) is 0 Å². The van der Waals surface area contributed by atoms with Gasteiger partial charge in [0.2, 0.25) is 0 Å². The highest BCUT2D eigenvalue weighted by atomic mass is 15.2. The maximum Gasteiger partial charge on any atom is 0.0108 e. The van der Waals surface area contributed by atoms with Crippen LogP contribution in [0.1, 0.15) is 13.8 Å². The molecule has 0 saturated carbocycles. The Bertz CT molecular complexity index is 79.6. The van der Waals surface area contributed by atoms with E-state index in [1.807, 2.05) is 35.0 Å². The van der Waals surface area contributed by atoms with Gasteiger partial charge in [0.1, 0.15) is 0 Å². The number of nitrogens with one attached hydrogen (secondary N) is 3. The van der Waals surface area contributed by atoms with Crippen molar-refractivity contribution in [2.75, 3.05) is 60.4 Å². The Morgan fingerprint density at radius 3 is 1.13 bits per heavy atom. The van der Waals surface area contributed by atoms with Crippen LogP contribution in [0.5, 0.6) is 0 Å². The van der Waals surface area contributed by atoms with Crippen LogP contribution in [0, 0.1) is 0 Å². The van der Waals surface area contributed by atoms with Crippen molar-refractivity contribution in [3.63, 3.8) is 0 Å². The molecule has 0 aromatic carbocycles. The second kappa shape index (κ2) is 16.3. The van der Waals surface area contributed by atoms with Crippen molar-refractivity contribution in [3.8, 4) is 0 Å². The van der Waals surface area contributed by atoms with Gasteiger partial charge in [-0.2, -0.15) is 0 Å². The molecule has 0 bridgehead atoms. The zero-order chi connectivity index (χ0) is 11.9. The summed E-state index contributed by atoms with van der Waals surface area (Å²) >= 11 is 0. The third kappa shape index (κ3) is 13.8. The molecule has 0 aliphatic carbocycles. The number of nitrogens with zero attached hydrogens (tertiary/aromatic N) is 1. The summed E-state index contributed by atoms with van der Waals surface area (Å²) in [5, 5.41) is 9.51. The molecule has 3 N–H and O–H groups in total. The van der Waals surface area contributed by atoms with Gasteiger partial charge in [-0.25, -0.2) is 0 Å². The minimum Gasteiger partial charge on any atom is -0.318 e. The largest absolute Gasteiger partial charge is 0.318 e. The van der Waals surface area contributed by atoms with E-state index in [2.05, 4.69) is 20.9 Å². The Kier molecular flexibility index (Phi) is 18.7. The zero-order valence-electron chi connectivity index (χ0n) is 11.2. The fourth-order valence-corrected chi connectivity index (χ4v) is 1.15. The molecule has 94 valence electrons. The van der Waals surface area contributed by atoms with E-state index in [0.29, 0.717) is 0 Å². The van der Waals surface area contributed by atoms with Crippen molar-refractivity contribution < 1.29 is 0 Å². The fourth-order valence-electron chi connectivity index (χ4n) is 1.15. The lowest BCUT2D eigenvalue weighted by molar-refractivity contribution is 0.279. The fraction of sp³-hybridized carbons (Fsp3) is 1.00. The van der Waals surface area contributed by atoms with Crippen LogP contribution in [-0.4, -0.2) is 65.3 Å². The van der Waals surface area contributed by atoms with Gasteiger partial charge in [-0.15, -0.1) is 0 Å². The summed E-state index contributed by atoms with van der Waals surface area (Å²) in [6.45, 7) is 10.6. The molecule has 0 aromatic heterocycles. The van der Waals surface area contributed by atoms with Crippen LogP contribution in [-0.2, 0) is 0 Å². The molecular formula is C11H30N4. The first-order valence-electron chi connectivity index (χ1n) is 6.01. The lowest BCUT2D eigenvalue weighted by atomic mass is 10.4. The zero-order valence-corrected chi connectivity index (χ0v) is 11.2. The Morgan fingerprint density at radius 2 is 0.933 bits per heavy atom. The Hall–Kier alpha value is -0.160. The van der Waals surface area contributed by atoms with E-state index in [-0.39, 0.29) is 0 Å². The average Bonchev–Trinajstić information content (AvgIpc) is 2.31. The van der Waals surface area contributed by atoms with Crippen LogP contribution in [0.4, 0.5) is 0 Å². The highest BCUT2D eigenvalue weighted by Crippen LogP contribution is 1.84. The van der Waals surface area contributed by atoms with Gasteiger partial charge in [0, 0.05) is 39.3 Å². The molecule has 0 saturated heterocycles. The minimum atomic E-state index is 1.06. The lowest BCUT2D eigenvalue weighted by Crippen LogP contribution is -2.39. The van der Waals surface area contributed by atoms with Crippen molar-refractivity contribution in [3.05, 3.63) is 0 Å². The number of hydrogen-bond acceptors (Lipinski definition) is 4. The number of hydrogen-bond donors (Lipinski definition) is 3. The minimum absolute atomic E-state index is 1.06. The van der Waals surface area contributed by atoms with E-state index in [1.54, 1.807) is 0 Å². The SMILES string of the molecule is CC.CNCCN(CCNC)CCNC. The molecule has 0 heterocycles. The predicted molar refractivity (Wildman–Crippen MR) is 69.6 cm³/mol. The topological polar surface area (TPSA) is 39.3 Å². The molecule has 0 aliphatic heterocycles. The van der Waals surface area contributed by atoms with Crippen LogP contribution in [0.3, 0.4) is 0 Å². The van der Waals surface area contributed by atoms with Crippen molar-refractivity contribution >= 4 is 0 Å². The van der Waals surface area contributed by atoms with Gasteiger partial charge in [0.25, 0.3) is 0 Å². The Labute approximate surface area is 95.8 Å². The molecule has 0 radical (unpaired) electrons. The van der Waals surface area contributed by atoms with Crippen LogP contribution in [0.15, 0.2) is 0 Å². The van der Waals surface area contributed by atoms with E-state index in [0.717, 1.165) is 39.3 Å². The number of likely N-dealkylation sites (N-methyl/N-ethyl adjacent to an activating group) is 3. The van der Waals surface area contributed by atoms with Crippen LogP contribution in [0.2, 0.25) is 0 Å². The third-order valence-electron chi connectivity index (χ3n) is 2.03. The van der Waals surface area contributed by atoms with Crippen LogP contribution >= 0.6 is 0 Å². The second-order valence-corrected chi connectivity index (χ2v) is 3.15. The molecule has 0 fully saturated rings. The van der Waals surface area contributed by atoms with Gasteiger partial charge in [-0.3, -0.25) is 4.90 Å². The summed E-state index contributed by atoms with van der Waals surface area (Å²) < 4.78 is 0. The molecule has 0 rings (SSSR count). The first-order valence-corrected chi connectivity index (χ1v) is 6.01. The van der Waals surface area contributed by atoms with E-state index in [9.17, 15) is 0 Å². The van der Waals surface area contributed by atoms with Crippen molar-refractivity contribution in [2.45, 2.75) is 13.8 Å². The lowest BCUT2D eigenvalue weighted by Gasteiger charge is -2.21. The summed E-state index contributed by atoms with van der Waals surface area (Å²) in [6, 6.07) is 0. The van der Waals surface area contributed by atoms with Crippen molar-refractivity contribution in [2.24, 2.45) is 0 Å². The summed E-state index contributed by atoms with van der Waals surface area (Å²) in [5.41, 5.74) is 0. The standard InChI is InChI=1S/C9H24N4.C2H6/c1-10-4-7-13(8-5-11-2)9-6-12-3;1-2/h10-12H,4-9H2,1-3H3;1-2H3. The van der Waals surface area contributed by atoms with Crippen molar-refractivity contribution in [1.82, 2.24) is 20.9 Å². The predicted octanol–water partition coefficient (Wildman–Crippen LogP) is -0.0272. The summed E-state index contributed by atoms with van der Waals surface area (Å²) in [4.78, 5) is 2.45.